The molecule has 4 aromatic rings. The molecule has 2 aromatic heterocycles. The minimum absolute atomic E-state index is 0.0823. The molecule has 0 radical (unpaired) electrons. The van der Waals surface area contributed by atoms with Gasteiger partial charge in [-0.2, -0.15) is 9.67 Å². The van der Waals surface area contributed by atoms with E-state index in [4.69, 9.17) is 0 Å². The number of rotatable bonds is 6. The van der Waals surface area contributed by atoms with Gasteiger partial charge in [0.05, 0.1) is 11.5 Å². The average Bonchev–Trinajstić information content (AvgIpc) is 3.42. The Morgan fingerprint density at radius 1 is 1.07 bits per heavy atom. The second-order valence-corrected chi connectivity index (χ2v) is 7.11. The van der Waals surface area contributed by atoms with Crippen LogP contribution in [0.2, 0.25) is 0 Å². The number of thiophene rings is 1. The van der Waals surface area contributed by atoms with Crippen LogP contribution < -0.4 is 5.32 Å². The third-order valence-electron chi connectivity index (χ3n) is 4.16. The van der Waals surface area contributed by atoms with E-state index in [9.17, 15) is 14.9 Å². The van der Waals surface area contributed by atoms with Gasteiger partial charge >= 0.3 is 0 Å². The highest BCUT2D eigenvalue weighted by molar-refractivity contribution is 7.09. The van der Waals surface area contributed by atoms with Crippen molar-refractivity contribution in [3.05, 3.63) is 92.7 Å². The molecule has 0 saturated heterocycles. The van der Waals surface area contributed by atoms with Crippen LogP contribution in [0.4, 0.5) is 11.6 Å². The molecule has 0 bridgehead atoms. The zero-order chi connectivity index (χ0) is 20.2. The number of hydrogen-bond acceptors (Lipinski definition) is 7. The van der Waals surface area contributed by atoms with Gasteiger partial charge in [-0.25, -0.2) is 0 Å². The molecule has 0 aliphatic carbocycles. The maximum atomic E-state index is 13.0. The fraction of sp³-hybridized carbons (Fsp3) is 0.0500. The Kier molecular flexibility index (Phi) is 5.12. The van der Waals surface area contributed by atoms with Crippen molar-refractivity contribution < 1.29 is 9.72 Å². The molecular weight excluding hydrogens is 390 g/mol. The first-order valence-corrected chi connectivity index (χ1v) is 9.57. The van der Waals surface area contributed by atoms with Gasteiger partial charge < -0.3 is 5.32 Å². The van der Waals surface area contributed by atoms with Crippen LogP contribution in [0.15, 0.2) is 72.1 Å². The topological polar surface area (TPSA) is 103 Å². The molecule has 8 nitrogen and oxygen atoms in total. The number of nitrogens with one attached hydrogen (secondary N) is 1. The molecule has 0 aliphatic heterocycles. The van der Waals surface area contributed by atoms with Crippen molar-refractivity contribution in [1.29, 1.82) is 0 Å². The van der Waals surface area contributed by atoms with E-state index in [0.717, 1.165) is 10.4 Å². The Balaban J connectivity index is 1.68. The van der Waals surface area contributed by atoms with Crippen molar-refractivity contribution in [2.75, 3.05) is 5.32 Å². The van der Waals surface area contributed by atoms with Crippen LogP contribution in [0, 0.1) is 10.1 Å². The fourth-order valence-electron chi connectivity index (χ4n) is 2.70. The lowest BCUT2D eigenvalue weighted by atomic mass is 10.2. The lowest BCUT2D eigenvalue weighted by molar-refractivity contribution is -0.384. The minimum Gasteiger partial charge on any atom is -0.349 e. The van der Waals surface area contributed by atoms with Crippen LogP contribution in [-0.2, 0) is 6.54 Å². The third kappa shape index (κ3) is 4.04. The molecule has 0 atom stereocenters. The summed E-state index contributed by atoms with van der Waals surface area (Å²) in [7, 11) is 0. The van der Waals surface area contributed by atoms with E-state index in [1.54, 1.807) is 11.3 Å². The van der Waals surface area contributed by atoms with Crippen LogP contribution in [0.25, 0.3) is 11.4 Å². The van der Waals surface area contributed by atoms with Crippen LogP contribution in [0.3, 0.4) is 0 Å². The number of carbonyl (C=O) groups is 1. The van der Waals surface area contributed by atoms with Crippen LogP contribution in [-0.4, -0.2) is 25.6 Å². The summed E-state index contributed by atoms with van der Waals surface area (Å²) in [6.45, 7) is 0.498. The van der Waals surface area contributed by atoms with Gasteiger partial charge in [-0.1, -0.05) is 36.4 Å². The largest absolute Gasteiger partial charge is 0.349 e. The number of non-ortho nitro benzene ring substituents is 1. The summed E-state index contributed by atoms with van der Waals surface area (Å²) in [6, 6.07) is 18.7. The van der Waals surface area contributed by atoms with Crippen LogP contribution >= 0.6 is 11.3 Å². The number of nitro benzene ring substituents is 1. The summed E-state index contributed by atoms with van der Waals surface area (Å²) >= 11 is 1.59. The molecule has 2 aromatic carbocycles. The first-order valence-electron chi connectivity index (χ1n) is 8.70. The second kappa shape index (κ2) is 8.03. The summed E-state index contributed by atoms with van der Waals surface area (Å²) in [5.74, 6) is 0.290. The molecule has 2 heterocycles. The van der Waals surface area contributed by atoms with Gasteiger partial charge in [0.15, 0.2) is 5.82 Å². The molecule has 1 N–H and O–H groups in total. The molecule has 0 aliphatic rings. The Morgan fingerprint density at radius 2 is 1.83 bits per heavy atom. The van der Waals surface area contributed by atoms with Crippen molar-refractivity contribution in [3.8, 4) is 11.4 Å². The Hall–Kier alpha value is -3.85. The van der Waals surface area contributed by atoms with Crippen LogP contribution in [0.5, 0.6) is 0 Å². The summed E-state index contributed by atoms with van der Waals surface area (Å²) in [4.78, 5) is 28.9. The van der Waals surface area contributed by atoms with Gasteiger partial charge in [-0.15, -0.1) is 16.4 Å². The molecule has 0 unspecified atom stereocenters. The molecule has 0 fully saturated rings. The minimum atomic E-state index is -0.509. The monoisotopic (exact) mass is 405 g/mol. The number of hydrogen-bond donors (Lipinski definition) is 1. The average molecular weight is 405 g/mol. The molecule has 0 amide bonds. The third-order valence-corrected chi connectivity index (χ3v) is 5.03. The maximum Gasteiger partial charge on any atom is 0.281 e. The summed E-state index contributed by atoms with van der Waals surface area (Å²) in [5, 5.41) is 20.4. The Morgan fingerprint density at radius 3 is 2.48 bits per heavy atom. The molecule has 29 heavy (non-hydrogen) atoms. The van der Waals surface area contributed by atoms with E-state index in [1.165, 1.54) is 28.9 Å². The highest BCUT2D eigenvalue weighted by Crippen LogP contribution is 2.21. The molecular formula is C20H15N5O3S. The maximum absolute atomic E-state index is 13.0. The highest BCUT2D eigenvalue weighted by atomic mass is 32.1. The van der Waals surface area contributed by atoms with E-state index in [2.05, 4.69) is 15.4 Å². The van der Waals surface area contributed by atoms with Gasteiger partial charge in [0, 0.05) is 28.1 Å². The van der Waals surface area contributed by atoms with E-state index in [-0.39, 0.29) is 11.3 Å². The SMILES string of the molecule is O=C(c1ccc([N+](=O)[O-])cc1)n1nc(-c2ccccc2)nc1NCc1cccs1. The second-order valence-electron chi connectivity index (χ2n) is 6.08. The Labute approximate surface area is 169 Å². The number of benzene rings is 2. The van der Waals surface area contributed by atoms with E-state index in [1.807, 2.05) is 47.8 Å². The summed E-state index contributed by atoms with van der Waals surface area (Å²) in [5.41, 5.74) is 0.974. The summed E-state index contributed by atoms with van der Waals surface area (Å²) in [6.07, 6.45) is 0. The molecule has 9 heteroatoms. The predicted octanol–water partition coefficient (Wildman–Crippen LogP) is 4.22. The van der Waals surface area contributed by atoms with Gasteiger partial charge in [-0.05, 0) is 23.6 Å². The first kappa shape index (κ1) is 18.5. The standard InChI is InChI=1S/C20H15N5O3S/c26-19(15-8-10-16(11-9-15)25(27)28)24-20(21-13-17-7-4-12-29-17)22-18(23-24)14-5-2-1-3-6-14/h1-12H,13H2,(H,21,22,23). The van der Waals surface area contributed by atoms with Gasteiger partial charge in [-0.3, -0.25) is 14.9 Å². The normalized spacial score (nSPS) is 10.6. The van der Waals surface area contributed by atoms with E-state index in [0.29, 0.717) is 18.3 Å². The van der Waals surface area contributed by atoms with E-state index < -0.39 is 10.8 Å². The number of nitro groups is 1. The van der Waals surface area contributed by atoms with Gasteiger partial charge in [0.2, 0.25) is 5.95 Å². The number of nitrogens with zero attached hydrogens (tertiary/aromatic N) is 4. The molecule has 0 saturated carbocycles. The van der Waals surface area contributed by atoms with Crippen molar-refractivity contribution >= 4 is 28.9 Å². The molecule has 4 rings (SSSR count). The molecule has 144 valence electrons. The van der Waals surface area contributed by atoms with Crippen LogP contribution in [0.1, 0.15) is 15.2 Å². The fourth-order valence-corrected chi connectivity index (χ4v) is 3.35. The van der Waals surface area contributed by atoms with E-state index >= 15 is 0 Å². The lowest BCUT2D eigenvalue weighted by Gasteiger charge is -2.06. The highest BCUT2D eigenvalue weighted by Gasteiger charge is 2.19. The number of anilines is 1. The Bertz CT molecular complexity index is 1140. The smallest absolute Gasteiger partial charge is 0.281 e. The zero-order valence-electron chi connectivity index (χ0n) is 15.1. The lowest BCUT2D eigenvalue weighted by Crippen LogP contribution is -2.17. The van der Waals surface area contributed by atoms with Gasteiger partial charge in [0.1, 0.15) is 0 Å². The van der Waals surface area contributed by atoms with Crippen molar-refractivity contribution in [3.63, 3.8) is 0 Å². The number of carbonyl (C=O) groups excluding carboxylic acids is 1. The van der Waals surface area contributed by atoms with Crippen molar-refractivity contribution in [1.82, 2.24) is 14.8 Å². The summed E-state index contributed by atoms with van der Waals surface area (Å²) < 4.78 is 1.19. The van der Waals surface area contributed by atoms with Crippen molar-refractivity contribution in [2.24, 2.45) is 0 Å². The number of aromatic nitrogens is 3. The predicted molar refractivity (Wildman–Crippen MR) is 110 cm³/mol. The first-order chi connectivity index (χ1) is 14.1. The van der Waals surface area contributed by atoms with Gasteiger partial charge in [0.25, 0.3) is 11.6 Å². The quantitative estimate of drug-likeness (QED) is 0.381. The zero-order valence-corrected chi connectivity index (χ0v) is 15.9. The molecule has 0 spiro atoms. The van der Waals surface area contributed by atoms with Crippen molar-refractivity contribution in [2.45, 2.75) is 6.54 Å².